The van der Waals surface area contributed by atoms with Crippen molar-refractivity contribution in [2.24, 2.45) is 4.99 Å². The van der Waals surface area contributed by atoms with Crippen LogP contribution < -0.4 is 4.74 Å². The molecule has 1 aromatic rings. The monoisotopic (exact) mass is 411 g/mol. The van der Waals surface area contributed by atoms with Crippen LogP contribution in [0.1, 0.15) is 5.56 Å². The summed E-state index contributed by atoms with van der Waals surface area (Å²) in [5, 5.41) is 0.792. The van der Waals surface area contributed by atoms with E-state index in [1.807, 2.05) is 30.5 Å². The van der Waals surface area contributed by atoms with Crippen LogP contribution in [0.25, 0.3) is 0 Å². The van der Waals surface area contributed by atoms with Crippen LogP contribution in [0.4, 0.5) is 0 Å². The minimum atomic E-state index is -0.164. The second-order valence-corrected chi connectivity index (χ2v) is 7.89. The second-order valence-electron chi connectivity index (χ2n) is 3.23. The molecule has 88 valence electrons. The molecule has 0 aliphatic rings. The molecule has 0 spiro atoms. The molecule has 2 nitrogen and oxygen atoms in total. The number of aliphatic imine (C=N–C) groups is 1. The number of hydrogen-bond donors (Lipinski definition) is 0. The van der Waals surface area contributed by atoms with E-state index in [9.17, 15) is 0 Å². The fourth-order valence-electron chi connectivity index (χ4n) is 1.02. The van der Waals surface area contributed by atoms with Crippen LogP contribution in [-0.2, 0) is 0 Å². The molecule has 0 aliphatic heterocycles. The van der Waals surface area contributed by atoms with Crippen molar-refractivity contribution >= 4 is 54.0 Å². The maximum Gasteiger partial charge on any atom is 0.118 e. The Morgan fingerprint density at radius 1 is 1.31 bits per heavy atom. The largest absolute Gasteiger partial charge is 0.497 e. The van der Waals surface area contributed by atoms with Gasteiger partial charge in [0.25, 0.3) is 0 Å². The Morgan fingerprint density at radius 2 is 1.94 bits per heavy atom. The van der Waals surface area contributed by atoms with Gasteiger partial charge in [0, 0.05) is 11.5 Å². The summed E-state index contributed by atoms with van der Waals surface area (Å²) in [6.45, 7) is 0.657. The van der Waals surface area contributed by atoms with E-state index in [4.69, 9.17) is 4.74 Å². The molecule has 0 fully saturated rings. The Hall–Kier alpha value is 0.130. The number of ether oxygens (including phenoxy) is 1. The quantitative estimate of drug-likeness (QED) is 0.528. The Balaban J connectivity index is 2.56. The summed E-state index contributed by atoms with van der Waals surface area (Å²) in [5.74, 6) is 0.855. The van der Waals surface area contributed by atoms with Crippen LogP contribution in [0.15, 0.2) is 29.3 Å². The fourth-order valence-corrected chi connectivity index (χ4v) is 1.48. The Kier molecular flexibility index (Phi) is 6.00. The van der Waals surface area contributed by atoms with Crippen molar-refractivity contribution in [3.05, 3.63) is 29.8 Å². The molecule has 1 rings (SSSR count). The Labute approximate surface area is 121 Å². The predicted molar refractivity (Wildman–Crippen MR) is 79.8 cm³/mol. The van der Waals surface area contributed by atoms with E-state index >= 15 is 0 Å². The van der Waals surface area contributed by atoms with Gasteiger partial charge in [-0.2, -0.15) is 0 Å². The van der Waals surface area contributed by atoms with Gasteiger partial charge in [0.05, 0.1) is 13.7 Å². The van der Waals surface area contributed by atoms with E-state index in [-0.39, 0.29) is 3.23 Å². The summed E-state index contributed by atoms with van der Waals surface area (Å²) in [5.41, 5.74) is 1.06. The molecule has 0 saturated heterocycles. The first-order valence-corrected chi connectivity index (χ1v) is 7.36. The van der Waals surface area contributed by atoms with Gasteiger partial charge in [-0.3, -0.25) is 4.99 Å². The van der Waals surface area contributed by atoms with Crippen LogP contribution >= 0.6 is 47.8 Å². The standard InChI is InChI=1S/C11H12Br3NO/c1-16-10-4-2-9(3-5-10)6-15-8-11(13,14)7-12/h2-6H,7-8H2,1H3. The summed E-state index contributed by atoms with van der Waals surface area (Å²) in [4.78, 5) is 4.35. The number of nitrogens with zero attached hydrogens (tertiary/aromatic N) is 1. The normalized spacial score (nSPS) is 12.0. The third-order valence-corrected chi connectivity index (χ3v) is 5.40. The van der Waals surface area contributed by atoms with E-state index in [1.54, 1.807) is 7.11 Å². The molecule has 0 saturated carbocycles. The number of benzene rings is 1. The first kappa shape index (κ1) is 14.2. The average molecular weight is 414 g/mol. The highest BCUT2D eigenvalue weighted by Crippen LogP contribution is 2.28. The molecule has 0 radical (unpaired) electrons. The minimum Gasteiger partial charge on any atom is -0.497 e. The minimum absolute atomic E-state index is 0.164. The van der Waals surface area contributed by atoms with E-state index < -0.39 is 0 Å². The number of alkyl halides is 3. The van der Waals surface area contributed by atoms with E-state index in [1.165, 1.54) is 0 Å². The Morgan fingerprint density at radius 3 is 2.44 bits per heavy atom. The fraction of sp³-hybridized carbons (Fsp3) is 0.364. The summed E-state index contributed by atoms with van der Waals surface area (Å²) >= 11 is 10.4. The van der Waals surface area contributed by atoms with Gasteiger partial charge in [-0.1, -0.05) is 47.8 Å². The van der Waals surface area contributed by atoms with Gasteiger partial charge >= 0.3 is 0 Å². The van der Waals surface area contributed by atoms with E-state index in [0.29, 0.717) is 6.54 Å². The smallest absolute Gasteiger partial charge is 0.118 e. The summed E-state index contributed by atoms with van der Waals surface area (Å²) in [6, 6.07) is 7.78. The zero-order valence-electron chi connectivity index (χ0n) is 8.79. The molecule has 0 atom stereocenters. The highest BCUT2D eigenvalue weighted by atomic mass is 79.9. The number of rotatable bonds is 5. The van der Waals surface area contributed by atoms with Crippen molar-refractivity contribution in [2.75, 3.05) is 19.0 Å². The number of methoxy groups -OCH3 is 1. The van der Waals surface area contributed by atoms with Crippen LogP contribution in [0, 0.1) is 0 Å². The summed E-state index contributed by atoms with van der Waals surface area (Å²) in [7, 11) is 1.66. The lowest BCUT2D eigenvalue weighted by molar-refractivity contribution is 0.415. The lowest BCUT2D eigenvalue weighted by atomic mass is 10.2. The van der Waals surface area contributed by atoms with Crippen molar-refractivity contribution in [1.82, 2.24) is 0 Å². The molecule has 0 aromatic heterocycles. The SMILES string of the molecule is COc1ccc(C=NCC(Br)(Br)CBr)cc1. The zero-order chi connectivity index (χ0) is 12.0. The first-order valence-electron chi connectivity index (χ1n) is 4.65. The zero-order valence-corrected chi connectivity index (χ0v) is 13.5. The van der Waals surface area contributed by atoms with Gasteiger partial charge in [-0.05, 0) is 29.8 Å². The van der Waals surface area contributed by atoms with Gasteiger partial charge in [0.1, 0.15) is 8.98 Å². The van der Waals surface area contributed by atoms with Gasteiger partial charge in [-0.25, -0.2) is 0 Å². The first-order chi connectivity index (χ1) is 7.57. The average Bonchev–Trinajstić information content (AvgIpc) is 2.30. The van der Waals surface area contributed by atoms with Crippen LogP contribution in [0.2, 0.25) is 0 Å². The second kappa shape index (κ2) is 6.77. The summed E-state index contributed by atoms with van der Waals surface area (Å²) < 4.78 is 4.92. The topological polar surface area (TPSA) is 21.6 Å². The van der Waals surface area contributed by atoms with Crippen LogP contribution in [0.3, 0.4) is 0 Å². The summed E-state index contributed by atoms with van der Waals surface area (Å²) in [6.07, 6.45) is 1.85. The molecule has 0 unspecified atom stereocenters. The molecule has 1 aromatic carbocycles. The Bertz CT molecular complexity index is 349. The van der Waals surface area contributed by atoms with Crippen LogP contribution in [0.5, 0.6) is 5.75 Å². The van der Waals surface area contributed by atoms with Gasteiger partial charge in [0.15, 0.2) is 0 Å². The lowest BCUT2D eigenvalue weighted by Crippen LogP contribution is -2.17. The predicted octanol–water partition coefficient (Wildman–Crippen LogP) is 4.00. The van der Waals surface area contributed by atoms with Crippen molar-refractivity contribution in [1.29, 1.82) is 0 Å². The maximum absolute atomic E-state index is 5.08. The lowest BCUT2D eigenvalue weighted by Gasteiger charge is -2.13. The molecular formula is C11H12Br3NO. The number of halogens is 3. The maximum atomic E-state index is 5.08. The van der Waals surface area contributed by atoms with Gasteiger partial charge < -0.3 is 4.74 Å². The third-order valence-electron chi connectivity index (χ3n) is 1.87. The molecule has 5 heteroatoms. The van der Waals surface area contributed by atoms with Gasteiger partial charge in [-0.15, -0.1) is 0 Å². The molecule has 0 bridgehead atoms. The van der Waals surface area contributed by atoms with Crippen molar-refractivity contribution in [3.8, 4) is 5.75 Å². The van der Waals surface area contributed by atoms with Crippen LogP contribution in [-0.4, -0.2) is 28.4 Å². The molecule has 16 heavy (non-hydrogen) atoms. The third kappa shape index (κ3) is 4.97. The molecule has 0 aliphatic carbocycles. The van der Waals surface area contributed by atoms with E-state index in [2.05, 4.69) is 52.8 Å². The van der Waals surface area contributed by atoms with Crippen molar-refractivity contribution < 1.29 is 4.74 Å². The molecule has 0 heterocycles. The number of hydrogen-bond acceptors (Lipinski definition) is 2. The highest BCUT2D eigenvalue weighted by molar-refractivity contribution is 9.26. The van der Waals surface area contributed by atoms with Crippen molar-refractivity contribution in [2.45, 2.75) is 3.23 Å². The molecular weight excluding hydrogens is 402 g/mol. The van der Waals surface area contributed by atoms with Crippen molar-refractivity contribution in [3.63, 3.8) is 0 Å². The molecule has 0 N–H and O–H groups in total. The van der Waals surface area contributed by atoms with E-state index in [0.717, 1.165) is 16.6 Å². The highest BCUT2D eigenvalue weighted by Gasteiger charge is 2.19. The van der Waals surface area contributed by atoms with Gasteiger partial charge in [0.2, 0.25) is 0 Å². The molecule has 0 amide bonds.